The van der Waals surface area contributed by atoms with Crippen molar-refractivity contribution >= 4 is 29.7 Å². The smallest absolute Gasteiger partial charge is 0.407 e. The van der Waals surface area contributed by atoms with Crippen LogP contribution in [0.3, 0.4) is 0 Å². The number of rotatable bonds is 10. The average Bonchev–Trinajstić information content (AvgIpc) is 3.29. The van der Waals surface area contributed by atoms with E-state index in [2.05, 4.69) is 10.6 Å². The van der Waals surface area contributed by atoms with Crippen LogP contribution in [0.2, 0.25) is 0 Å². The Morgan fingerprint density at radius 3 is 2.30 bits per heavy atom. The number of nitrogens with one attached hydrogen (secondary N) is 2. The maximum absolute atomic E-state index is 13.8. The van der Waals surface area contributed by atoms with Crippen LogP contribution in [0.1, 0.15) is 47.2 Å². The summed E-state index contributed by atoms with van der Waals surface area (Å²) < 4.78 is 4.90. The minimum atomic E-state index is -1.60. The monoisotopic (exact) mass is 603 g/mol. The van der Waals surface area contributed by atoms with Crippen LogP contribution in [0.25, 0.3) is 0 Å². The average molecular weight is 604 g/mol. The van der Waals surface area contributed by atoms with Crippen LogP contribution in [-0.4, -0.2) is 56.7 Å². The van der Waals surface area contributed by atoms with E-state index in [0.29, 0.717) is 6.54 Å². The zero-order valence-corrected chi connectivity index (χ0v) is 26.2. The molecule has 43 heavy (non-hydrogen) atoms. The highest BCUT2D eigenvalue weighted by Gasteiger charge is 2.49. The molecule has 1 heterocycles. The minimum absolute atomic E-state index is 0.0521. The van der Waals surface area contributed by atoms with Gasteiger partial charge in [0.1, 0.15) is 12.6 Å². The lowest BCUT2D eigenvalue weighted by atomic mass is 9.97. The molecule has 3 aromatic rings. The van der Waals surface area contributed by atoms with Gasteiger partial charge in [0.15, 0.2) is 6.10 Å². The highest BCUT2D eigenvalue weighted by Crippen LogP contribution is 2.40. The summed E-state index contributed by atoms with van der Waals surface area (Å²) >= 11 is 1.47. The zero-order valence-electron chi connectivity index (χ0n) is 25.4. The number of carbonyl (C=O) groups excluding carboxylic acids is 3. The normalized spacial score (nSPS) is 17.2. The van der Waals surface area contributed by atoms with E-state index in [1.807, 2.05) is 107 Å². The molecular formula is C34H41N3O5S. The highest BCUT2D eigenvalue weighted by atomic mass is 32.2. The van der Waals surface area contributed by atoms with E-state index >= 15 is 0 Å². The van der Waals surface area contributed by atoms with E-state index in [9.17, 15) is 19.5 Å². The number of alkyl carbamates (subject to hydrolysis) is 1. The third-order valence-corrected chi connectivity index (χ3v) is 9.05. The summed E-state index contributed by atoms with van der Waals surface area (Å²) in [5.41, 5.74) is 5.85. The summed E-state index contributed by atoms with van der Waals surface area (Å²) in [6.45, 7) is 10.1. The van der Waals surface area contributed by atoms with Gasteiger partial charge in [0, 0.05) is 11.3 Å². The van der Waals surface area contributed by atoms with Crippen LogP contribution in [0, 0.1) is 20.8 Å². The number of thioether (sulfide) groups is 1. The van der Waals surface area contributed by atoms with Crippen LogP contribution in [-0.2, 0) is 33.9 Å². The summed E-state index contributed by atoms with van der Waals surface area (Å²) in [5, 5.41) is 17.1. The number of ether oxygens (including phenoxy) is 1. The number of aryl methyl sites for hydroxylation is 3. The molecule has 0 unspecified atom stereocenters. The Labute approximate surface area is 258 Å². The van der Waals surface area contributed by atoms with Gasteiger partial charge in [-0.15, -0.1) is 11.8 Å². The molecule has 228 valence electrons. The van der Waals surface area contributed by atoms with E-state index < -0.39 is 34.9 Å². The first-order valence-corrected chi connectivity index (χ1v) is 15.4. The molecule has 0 saturated carbocycles. The van der Waals surface area contributed by atoms with Gasteiger partial charge in [-0.25, -0.2) is 4.79 Å². The maximum Gasteiger partial charge on any atom is 0.407 e. The van der Waals surface area contributed by atoms with Crippen LogP contribution < -0.4 is 10.6 Å². The quantitative estimate of drug-likeness (QED) is 0.307. The highest BCUT2D eigenvalue weighted by molar-refractivity contribution is 8.00. The van der Waals surface area contributed by atoms with Gasteiger partial charge in [-0.05, 0) is 63.3 Å². The van der Waals surface area contributed by atoms with E-state index in [-0.39, 0.29) is 24.8 Å². The number of benzene rings is 3. The molecule has 4 rings (SSSR count). The Bertz CT molecular complexity index is 1420. The zero-order chi connectivity index (χ0) is 31.1. The molecular weight excluding hydrogens is 562 g/mol. The van der Waals surface area contributed by atoms with Crippen molar-refractivity contribution in [3.8, 4) is 0 Å². The first-order chi connectivity index (χ1) is 20.4. The van der Waals surface area contributed by atoms with Gasteiger partial charge in [-0.1, -0.05) is 83.9 Å². The van der Waals surface area contributed by atoms with Gasteiger partial charge in [0.05, 0.1) is 11.9 Å². The van der Waals surface area contributed by atoms with Crippen molar-refractivity contribution in [3.05, 3.63) is 106 Å². The second-order valence-electron chi connectivity index (χ2n) is 11.7. The van der Waals surface area contributed by atoms with Crippen molar-refractivity contribution in [2.75, 3.05) is 5.88 Å². The second kappa shape index (κ2) is 14.1. The van der Waals surface area contributed by atoms with E-state index in [0.717, 1.165) is 33.4 Å². The Hall–Kier alpha value is -3.82. The fourth-order valence-electron chi connectivity index (χ4n) is 5.45. The molecule has 3 aromatic carbocycles. The van der Waals surface area contributed by atoms with Gasteiger partial charge >= 0.3 is 6.09 Å². The van der Waals surface area contributed by atoms with Gasteiger partial charge < -0.3 is 25.4 Å². The van der Waals surface area contributed by atoms with Gasteiger partial charge in [0.2, 0.25) is 5.91 Å². The molecule has 1 aliphatic rings. The number of hydrogen-bond donors (Lipinski definition) is 3. The molecule has 1 saturated heterocycles. The lowest BCUT2D eigenvalue weighted by Crippen LogP contribution is -2.58. The molecule has 0 bridgehead atoms. The van der Waals surface area contributed by atoms with Crippen molar-refractivity contribution < 1.29 is 24.2 Å². The molecule has 0 aromatic heterocycles. The first kappa shape index (κ1) is 32.1. The number of carbonyl (C=O) groups is 3. The Morgan fingerprint density at radius 1 is 0.977 bits per heavy atom. The second-order valence-corrected chi connectivity index (χ2v) is 13.3. The lowest BCUT2D eigenvalue weighted by molar-refractivity contribution is -0.147. The van der Waals surface area contributed by atoms with Crippen molar-refractivity contribution in [1.29, 1.82) is 0 Å². The molecule has 9 heteroatoms. The Balaban J connectivity index is 1.48. The number of aliphatic hydroxyl groups excluding tert-OH is 1. The van der Waals surface area contributed by atoms with Gasteiger partial charge in [-0.2, -0.15) is 0 Å². The molecule has 0 aliphatic carbocycles. The lowest BCUT2D eigenvalue weighted by Gasteiger charge is -2.33. The van der Waals surface area contributed by atoms with E-state index in [1.54, 1.807) is 0 Å². The summed E-state index contributed by atoms with van der Waals surface area (Å²) in [4.78, 5) is 41.7. The number of aliphatic hydroxyl groups is 1. The van der Waals surface area contributed by atoms with E-state index in [1.165, 1.54) is 16.7 Å². The standard InChI is InChI=1S/C34H41N3O5S/c1-22-15-23(2)17-26(16-22)20-42-33(41)36-28(18-25-12-7-6-8-13-25)29(38)32(40)37-21-43-34(4,5)30(37)31(39)35-19-27-14-10-9-11-24(27)3/h6-17,28-30,38H,18-21H2,1-5H3,(H,35,39)(H,36,41)/t28-,29-,30+/m0/s1. The van der Waals surface area contributed by atoms with Gasteiger partial charge in [-0.3, -0.25) is 9.59 Å². The molecule has 3 amide bonds. The number of hydrogen-bond acceptors (Lipinski definition) is 6. The Morgan fingerprint density at radius 2 is 1.63 bits per heavy atom. The van der Waals surface area contributed by atoms with Crippen LogP contribution in [0.4, 0.5) is 4.79 Å². The van der Waals surface area contributed by atoms with Crippen molar-refractivity contribution in [2.24, 2.45) is 0 Å². The maximum atomic E-state index is 13.8. The molecule has 0 spiro atoms. The third-order valence-electron chi connectivity index (χ3n) is 7.68. The first-order valence-electron chi connectivity index (χ1n) is 14.4. The minimum Gasteiger partial charge on any atom is -0.445 e. The number of nitrogens with zero attached hydrogens (tertiary/aromatic N) is 1. The third kappa shape index (κ3) is 8.39. The summed E-state index contributed by atoms with van der Waals surface area (Å²) in [5.74, 6) is -0.676. The molecule has 3 atom stereocenters. The fourth-order valence-corrected chi connectivity index (χ4v) is 6.59. The molecule has 0 radical (unpaired) electrons. The van der Waals surface area contributed by atoms with E-state index in [4.69, 9.17) is 4.74 Å². The topological polar surface area (TPSA) is 108 Å². The largest absolute Gasteiger partial charge is 0.445 e. The van der Waals surface area contributed by atoms with Gasteiger partial charge in [0.25, 0.3) is 5.91 Å². The van der Waals surface area contributed by atoms with Crippen LogP contribution in [0.5, 0.6) is 0 Å². The van der Waals surface area contributed by atoms with Crippen molar-refractivity contribution in [1.82, 2.24) is 15.5 Å². The van der Waals surface area contributed by atoms with Crippen molar-refractivity contribution in [3.63, 3.8) is 0 Å². The molecule has 1 fully saturated rings. The predicted octanol–water partition coefficient (Wildman–Crippen LogP) is 4.81. The van der Waals surface area contributed by atoms with Crippen molar-refractivity contribution in [2.45, 2.75) is 77.1 Å². The molecule has 8 nitrogen and oxygen atoms in total. The summed E-state index contributed by atoms with van der Waals surface area (Å²) in [6.07, 6.45) is -2.15. The fraction of sp³-hybridized carbons (Fsp3) is 0.382. The Kier molecular flexibility index (Phi) is 10.5. The predicted molar refractivity (Wildman–Crippen MR) is 169 cm³/mol. The molecule has 1 aliphatic heterocycles. The van der Waals surface area contributed by atoms with Crippen LogP contribution in [0.15, 0.2) is 72.8 Å². The number of amides is 3. The summed E-state index contributed by atoms with van der Waals surface area (Å²) in [6, 6.07) is 21.2. The SMILES string of the molecule is Cc1cc(C)cc(COC(=O)N[C@@H](Cc2ccccc2)[C@H](O)C(=O)N2CSC(C)(C)[C@H]2C(=O)NCc2ccccc2C)c1. The van der Waals surface area contributed by atoms with Crippen LogP contribution >= 0.6 is 11.8 Å². The molecule has 3 N–H and O–H groups in total. The summed E-state index contributed by atoms with van der Waals surface area (Å²) in [7, 11) is 0.